The molecule has 1 fully saturated rings. The SMILES string of the molecule is CCCCCCCCC(CCCCC)C(=O)OCCCCCCC(O)(CCCCCCOC(=O)C(CCCCC)CCCCCCCC)CCCCOC(=O)C1CCN(C)CC1. The van der Waals surface area contributed by atoms with Gasteiger partial charge in [-0.05, 0) is 104 Å². The summed E-state index contributed by atoms with van der Waals surface area (Å²) in [6, 6.07) is 0. The number of aliphatic hydroxyl groups is 1. The zero-order valence-electron chi connectivity index (χ0n) is 41.8. The molecule has 0 aromatic rings. The number of carbonyl (C=O) groups is 3. The van der Waals surface area contributed by atoms with Crippen molar-refractivity contribution in [3.8, 4) is 0 Å². The molecule has 1 aliphatic rings. The predicted octanol–water partition coefficient (Wildman–Crippen LogP) is 14.7. The van der Waals surface area contributed by atoms with Gasteiger partial charge in [-0.2, -0.15) is 0 Å². The summed E-state index contributed by atoms with van der Waals surface area (Å²) in [5.41, 5.74) is -0.735. The third-order valence-electron chi connectivity index (χ3n) is 13.7. The Kier molecular flexibility index (Phi) is 38.4. The number of likely N-dealkylation sites (tertiary alicyclic amines) is 1. The number of carbonyl (C=O) groups excluding carboxylic acids is 3. The van der Waals surface area contributed by atoms with Crippen LogP contribution in [0.5, 0.6) is 0 Å². The largest absolute Gasteiger partial charge is 0.465 e. The minimum Gasteiger partial charge on any atom is -0.465 e. The summed E-state index contributed by atoms with van der Waals surface area (Å²) in [5, 5.41) is 11.9. The second-order valence-electron chi connectivity index (χ2n) is 19.6. The molecule has 1 heterocycles. The molecule has 1 rings (SSSR count). The maximum absolute atomic E-state index is 13.0. The van der Waals surface area contributed by atoms with Crippen LogP contribution in [0.3, 0.4) is 0 Å². The third-order valence-corrected chi connectivity index (χ3v) is 13.7. The predicted molar refractivity (Wildman–Crippen MR) is 259 cm³/mol. The lowest BCUT2D eigenvalue weighted by atomic mass is 9.85. The van der Waals surface area contributed by atoms with Gasteiger partial charge >= 0.3 is 17.9 Å². The Morgan fingerprint density at radius 1 is 0.468 bits per heavy atom. The lowest BCUT2D eigenvalue weighted by Gasteiger charge is -2.29. The van der Waals surface area contributed by atoms with E-state index in [2.05, 4.69) is 39.6 Å². The normalized spacial score (nSPS) is 15.6. The van der Waals surface area contributed by atoms with Gasteiger partial charge in [0.25, 0.3) is 0 Å². The van der Waals surface area contributed by atoms with Crippen LogP contribution in [-0.2, 0) is 28.6 Å². The van der Waals surface area contributed by atoms with E-state index < -0.39 is 5.60 Å². The molecular weight excluding hydrogens is 775 g/mol. The zero-order valence-corrected chi connectivity index (χ0v) is 41.8. The molecule has 62 heavy (non-hydrogen) atoms. The summed E-state index contributed by atoms with van der Waals surface area (Å²) in [5.74, 6) is 0.0683. The molecule has 0 aliphatic carbocycles. The summed E-state index contributed by atoms with van der Waals surface area (Å²) >= 11 is 0. The Hall–Kier alpha value is -1.67. The van der Waals surface area contributed by atoms with Gasteiger partial charge in [0, 0.05) is 0 Å². The van der Waals surface area contributed by atoms with Crippen molar-refractivity contribution in [2.45, 2.75) is 271 Å². The first-order valence-electron chi connectivity index (χ1n) is 27.1. The Labute approximate surface area is 383 Å². The maximum Gasteiger partial charge on any atom is 0.309 e. The molecule has 2 unspecified atom stereocenters. The van der Waals surface area contributed by atoms with Crippen LogP contribution in [-0.4, -0.2) is 73.5 Å². The first-order chi connectivity index (χ1) is 30.2. The molecule has 2 atom stereocenters. The number of hydrogen-bond donors (Lipinski definition) is 1. The van der Waals surface area contributed by atoms with Crippen molar-refractivity contribution >= 4 is 17.9 Å². The van der Waals surface area contributed by atoms with E-state index >= 15 is 0 Å². The van der Waals surface area contributed by atoms with Crippen LogP contribution in [0.2, 0.25) is 0 Å². The Bertz CT molecular complexity index is 988. The van der Waals surface area contributed by atoms with Gasteiger partial charge in [0.2, 0.25) is 0 Å². The Morgan fingerprint density at radius 2 is 0.774 bits per heavy atom. The van der Waals surface area contributed by atoms with E-state index in [4.69, 9.17) is 14.2 Å². The summed E-state index contributed by atoms with van der Waals surface area (Å²) in [6.07, 6.45) is 38.9. The van der Waals surface area contributed by atoms with Gasteiger partial charge in [-0.15, -0.1) is 0 Å². The topological polar surface area (TPSA) is 102 Å². The van der Waals surface area contributed by atoms with E-state index in [0.29, 0.717) is 26.2 Å². The molecule has 8 heteroatoms. The fourth-order valence-electron chi connectivity index (χ4n) is 9.25. The standard InChI is InChI=1S/C54H103NO7/c1-6-10-14-16-18-26-36-48(34-24-12-8-3)51(56)60-45-31-22-20-28-40-54(59,42-30-33-47-62-53(58)50-38-43-55(5)44-39-50)41-29-21-23-32-46-61-52(57)49(35-25-13-9-4)37-27-19-17-15-11-7-2/h48-50,59H,6-47H2,1-5H3. The molecule has 8 nitrogen and oxygen atoms in total. The summed E-state index contributed by atoms with van der Waals surface area (Å²) < 4.78 is 17.3. The number of esters is 3. The molecule has 0 aromatic carbocycles. The third kappa shape index (κ3) is 32.1. The average Bonchev–Trinajstić information content (AvgIpc) is 3.26. The average molecular weight is 878 g/mol. The molecule has 0 spiro atoms. The molecule has 0 amide bonds. The lowest BCUT2D eigenvalue weighted by molar-refractivity contribution is -0.150. The van der Waals surface area contributed by atoms with Crippen LogP contribution in [0.15, 0.2) is 0 Å². The van der Waals surface area contributed by atoms with Crippen molar-refractivity contribution in [3.05, 3.63) is 0 Å². The maximum atomic E-state index is 13.0. The van der Waals surface area contributed by atoms with Crippen molar-refractivity contribution in [2.75, 3.05) is 40.0 Å². The van der Waals surface area contributed by atoms with Crippen molar-refractivity contribution in [2.24, 2.45) is 17.8 Å². The van der Waals surface area contributed by atoms with E-state index in [-0.39, 0.29) is 35.7 Å². The summed E-state index contributed by atoms with van der Waals surface area (Å²) in [4.78, 5) is 41.0. The molecule has 0 saturated carbocycles. The summed E-state index contributed by atoms with van der Waals surface area (Å²) in [7, 11) is 2.10. The molecular formula is C54H103NO7. The smallest absolute Gasteiger partial charge is 0.309 e. The van der Waals surface area contributed by atoms with E-state index in [1.807, 2.05) is 0 Å². The first-order valence-corrected chi connectivity index (χ1v) is 27.1. The molecule has 1 N–H and O–H groups in total. The number of unbranched alkanes of at least 4 members (excludes halogenated alkanes) is 21. The Balaban J connectivity index is 2.53. The number of hydrogen-bond acceptors (Lipinski definition) is 8. The van der Waals surface area contributed by atoms with Crippen molar-refractivity contribution < 1.29 is 33.7 Å². The lowest BCUT2D eigenvalue weighted by Crippen LogP contribution is -2.34. The minimum atomic E-state index is -0.735. The molecule has 0 radical (unpaired) electrons. The number of nitrogens with zero attached hydrogens (tertiary/aromatic N) is 1. The Morgan fingerprint density at radius 3 is 1.21 bits per heavy atom. The van der Waals surface area contributed by atoms with Crippen molar-refractivity contribution in [1.29, 1.82) is 0 Å². The fourth-order valence-corrected chi connectivity index (χ4v) is 9.25. The number of ether oxygens (including phenoxy) is 3. The first kappa shape index (κ1) is 58.3. The monoisotopic (exact) mass is 878 g/mol. The van der Waals surface area contributed by atoms with Crippen LogP contribution in [0.25, 0.3) is 0 Å². The molecule has 0 bridgehead atoms. The van der Waals surface area contributed by atoms with Crippen LogP contribution >= 0.6 is 0 Å². The molecule has 366 valence electrons. The highest BCUT2D eigenvalue weighted by Crippen LogP contribution is 2.29. The molecule has 1 aliphatic heterocycles. The van der Waals surface area contributed by atoms with Crippen LogP contribution < -0.4 is 0 Å². The van der Waals surface area contributed by atoms with E-state index in [1.165, 1.54) is 89.9 Å². The zero-order chi connectivity index (χ0) is 45.4. The van der Waals surface area contributed by atoms with Crippen LogP contribution in [0.4, 0.5) is 0 Å². The van der Waals surface area contributed by atoms with Crippen molar-refractivity contribution in [3.63, 3.8) is 0 Å². The number of piperidine rings is 1. The van der Waals surface area contributed by atoms with Gasteiger partial charge in [-0.25, -0.2) is 0 Å². The fraction of sp³-hybridized carbons (Fsp3) is 0.944. The van der Waals surface area contributed by atoms with Gasteiger partial charge in [-0.1, -0.05) is 182 Å². The summed E-state index contributed by atoms with van der Waals surface area (Å²) in [6.45, 7) is 12.2. The quantitative estimate of drug-likeness (QED) is 0.0367. The van der Waals surface area contributed by atoms with Gasteiger partial charge in [0.15, 0.2) is 0 Å². The molecule has 0 aromatic heterocycles. The second kappa shape index (κ2) is 40.8. The van der Waals surface area contributed by atoms with Crippen LogP contribution in [0.1, 0.15) is 265 Å². The van der Waals surface area contributed by atoms with Crippen LogP contribution in [0, 0.1) is 17.8 Å². The second-order valence-corrected chi connectivity index (χ2v) is 19.6. The molecule has 1 saturated heterocycles. The minimum absolute atomic E-state index is 0.00863. The van der Waals surface area contributed by atoms with Gasteiger partial charge in [0.1, 0.15) is 0 Å². The highest BCUT2D eigenvalue weighted by molar-refractivity contribution is 5.73. The van der Waals surface area contributed by atoms with E-state index in [1.54, 1.807) is 0 Å². The van der Waals surface area contributed by atoms with E-state index in [0.717, 1.165) is 154 Å². The highest BCUT2D eigenvalue weighted by Gasteiger charge is 2.27. The van der Waals surface area contributed by atoms with Gasteiger partial charge in [0.05, 0.1) is 43.2 Å². The number of rotatable bonds is 44. The van der Waals surface area contributed by atoms with E-state index in [9.17, 15) is 19.5 Å². The van der Waals surface area contributed by atoms with Gasteiger partial charge < -0.3 is 24.2 Å². The highest BCUT2D eigenvalue weighted by atomic mass is 16.5. The van der Waals surface area contributed by atoms with Gasteiger partial charge in [-0.3, -0.25) is 14.4 Å². The van der Waals surface area contributed by atoms with Crippen molar-refractivity contribution in [1.82, 2.24) is 4.90 Å².